The first-order chi connectivity index (χ1) is 19.1. The van der Waals surface area contributed by atoms with E-state index in [0.717, 1.165) is 44.1 Å². The molecule has 2 aliphatic rings. The van der Waals surface area contributed by atoms with Gasteiger partial charge in [-0.25, -0.2) is 14.6 Å². The Labute approximate surface area is 230 Å². The third-order valence-corrected chi connectivity index (χ3v) is 6.20. The van der Waals surface area contributed by atoms with E-state index >= 15 is 0 Å². The van der Waals surface area contributed by atoms with Gasteiger partial charge in [0.25, 0.3) is 0 Å². The first kappa shape index (κ1) is 31.5. The number of aliphatic carboxylic acids is 2. The van der Waals surface area contributed by atoms with E-state index < -0.39 is 24.3 Å². The monoisotopic (exact) mass is 588 g/mol. The fraction of sp³-hybridized carbons (Fsp3) is 0.385. The van der Waals surface area contributed by atoms with Crippen molar-refractivity contribution < 1.29 is 50.9 Å². The number of ether oxygens (including phenoxy) is 1. The largest absolute Gasteiger partial charge is 0.490 e. The first-order valence-corrected chi connectivity index (χ1v) is 12.1. The number of benzene rings is 1. The fourth-order valence-corrected chi connectivity index (χ4v) is 4.32. The second-order valence-corrected chi connectivity index (χ2v) is 9.37. The fourth-order valence-electron chi connectivity index (χ4n) is 4.32. The van der Waals surface area contributed by atoms with Gasteiger partial charge in [0.15, 0.2) is 0 Å². The number of hydrogen-bond acceptors (Lipinski definition) is 6. The molecular formula is C26H26F6N4O5. The third-order valence-electron chi connectivity index (χ3n) is 6.20. The number of rotatable bonds is 3. The predicted molar refractivity (Wildman–Crippen MR) is 131 cm³/mol. The molecule has 3 aromatic rings. The van der Waals surface area contributed by atoms with Gasteiger partial charge in [-0.15, -0.1) is 0 Å². The van der Waals surface area contributed by atoms with E-state index in [2.05, 4.69) is 62.8 Å². The number of imidazole rings is 1. The molecule has 15 heteroatoms. The van der Waals surface area contributed by atoms with Crippen LogP contribution in [0.1, 0.15) is 23.5 Å². The Balaban J connectivity index is 0.000000276. The minimum Gasteiger partial charge on any atom is -0.475 e. The van der Waals surface area contributed by atoms with E-state index in [0.29, 0.717) is 6.61 Å². The molecule has 1 saturated heterocycles. The van der Waals surface area contributed by atoms with Gasteiger partial charge in [-0.2, -0.15) is 26.3 Å². The standard InChI is InChI=1S/C22H24N4O.2C2HF3O2/c1-17-5-4-6-18(11-17)20-12-24-21-14-27-22(16-26(20)21)8-10-25(15-22)13-19-7-2-3-9-23-19;2*3-2(4,5)1(6)7/h2-7,9,11-12H,8,10,13-16H2,1H3;2*(H,6,7). The van der Waals surface area contributed by atoms with Crippen molar-refractivity contribution in [3.05, 3.63) is 71.9 Å². The summed E-state index contributed by atoms with van der Waals surface area (Å²) in [5, 5.41) is 14.2. The van der Waals surface area contributed by atoms with Crippen LogP contribution in [-0.4, -0.2) is 72.6 Å². The molecule has 0 bridgehead atoms. The Kier molecular flexibility index (Phi) is 9.76. The summed E-state index contributed by atoms with van der Waals surface area (Å²) in [5.74, 6) is -4.49. The van der Waals surface area contributed by atoms with Crippen molar-refractivity contribution in [3.63, 3.8) is 0 Å². The van der Waals surface area contributed by atoms with Crippen LogP contribution in [0.4, 0.5) is 26.3 Å². The molecule has 2 aliphatic heterocycles. The Bertz CT molecular complexity index is 1320. The number of pyridine rings is 1. The van der Waals surface area contributed by atoms with Crippen LogP contribution in [0.15, 0.2) is 54.9 Å². The molecule has 222 valence electrons. The quantitative estimate of drug-likeness (QED) is 0.423. The van der Waals surface area contributed by atoms with Gasteiger partial charge in [-0.1, -0.05) is 29.8 Å². The van der Waals surface area contributed by atoms with E-state index in [1.807, 2.05) is 18.5 Å². The molecule has 41 heavy (non-hydrogen) atoms. The van der Waals surface area contributed by atoms with Crippen molar-refractivity contribution in [2.75, 3.05) is 13.1 Å². The number of halogens is 6. The molecule has 1 aromatic carbocycles. The zero-order valence-corrected chi connectivity index (χ0v) is 21.6. The van der Waals surface area contributed by atoms with Gasteiger partial charge in [0, 0.05) is 31.4 Å². The molecule has 2 aromatic heterocycles. The maximum absolute atomic E-state index is 10.6. The summed E-state index contributed by atoms with van der Waals surface area (Å²) in [7, 11) is 0. The van der Waals surface area contributed by atoms with Gasteiger partial charge < -0.3 is 19.5 Å². The number of carbonyl (C=O) groups is 2. The predicted octanol–water partition coefficient (Wildman–Crippen LogP) is 4.70. The highest BCUT2D eigenvalue weighted by Gasteiger charge is 2.43. The molecule has 4 heterocycles. The van der Waals surface area contributed by atoms with Crippen molar-refractivity contribution in [1.82, 2.24) is 19.4 Å². The molecule has 1 atom stereocenters. The van der Waals surface area contributed by atoms with Crippen molar-refractivity contribution in [1.29, 1.82) is 0 Å². The van der Waals surface area contributed by atoms with Crippen LogP contribution in [0.25, 0.3) is 11.3 Å². The average Bonchev–Trinajstić information content (AvgIpc) is 3.48. The Morgan fingerprint density at radius 2 is 1.63 bits per heavy atom. The van der Waals surface area contributed by atoms with Gasteiger partial charge >= 0.3 is 24.3 Å². The number of carboxylic acid groups (broad SMARTS) is 2. The third kappa shape index (κ3) is 8.75. The van der Waals surface area contributed by atoms with Crippen molar-refractivity contribution in [2.45, 2.75) is 51.0 Å². The number of nitrogens with zero attached hydrogens (tertiary/aromatic N) is 4. The van der Waals surface area contributed by atoms with Crippen molar-refractivity contribution >= 4 is 11.9 Å². The lowest BCUT2D eigenvalue weighted by Crippen LogP contribution is -2.44. The average molecular weight is 589 g/mol. The number of likely N-dealkylation sites (tertiary alicyclic amines) is 1. The van der Waals surface area contributed by atoms with Crippen LogP contribution in [-0.2, 0) is 34.0 Å². The van der Waals surface area contributed by atoms with Crippen LogP contribution < -0.4 is 0 Å². The SMILES string of the molecule is Cc1cccc(-c2cnc3n2CC2(CCN(Cc4ccccn4)C2)OC3)c1.O=C(O)C(F)(F)F.O=C(O)C(F)(F)F. The molecule has 9 nitrogen and oxygen atoms in total. The summed E-state index contributed by atoms with van der Waals surface area (Å²) < 4.78 is 72.2. The Hall–Kier alpha value is -3.98. The summed E-state index contributed by atoms with van der Waals surface area (Å²) in [6.45, 7) is 6.45. The molecule has 5 rings (SSSR count). The molecule has 0 radical (unpaired) electrons. The number of hydrogen-bond donors (Lipinski definition) is 2. The van der Waals surface area contributed by atoms with Crippen LogP contribution in [0.2, 0.25) is 0 Å². The summed E-state index contributed by atoms with van der Waals surface area (Å²) in [4.78, 5) is 29.3. The summed E-state index contributed by atoms with van der Waals surface area (Å²) in [6, 6.07) is 14.8. The summed E-state index contributed by atoms with van der Waals surface area (Å²) in [5.41, 5.74) is 4.69. The molecule has 1 spiro atoms. The second-order valence-electron chi connectivity index (χ2n) is 9.37. The maximum atomic E-state index is 10.6. The zero-order valence-electron chi connectivity index (χ0n) is 21.6. The smallest absolute Gasteiger partial charge is 0.475 e. The van der Waals surface area contributed by atoms with Gasteiger partial charge in [-0.3, -0.25) is 9.88 Å². The lowest BCUT2D eigenvalue weighted by molar-refractivity contribution is -0.193. The van der Waals surface area contributed by atoms with Crippen LogP contribution >= 0.6 is 0 Å². The molecule has 1 fully saturated rings. The van der Waals surface area contributed by atoms with Gasteiger partial charge in [-0.05, 0) is 31.5 Å². The number of fused-ring (bicyclic) bond motifs is 1. The van der Waals surface area contributed by atoms with E-state index in [-0.39, 0.29) is 5.60 Å². The lowest BCUT2D eigenvalue weighted by Gasteiger charge is -2.35. The highest BCUT2D eigenvalue weighted by molar-refractivity contribution is 5.73. The molecule has 1 unspecified atom stereocenters. The minimum absolute atomic E-state index is 0.124. The number of aromatic nitrogens is 3. The molecule has 0 aliphatic carbocycles. The number of alkyl halides is 6. The summed E-state index contributed by atoms with van der Waals surface area (Å²) in [6.07, 6.45) is -5.26. The molecular weight excluding hydrogens is 562 g/mol. The van der Waals surface area contributed by atoms with Gasteiger partial charge in [0.05, 0.1) is 24.1 Å². The van der Waals surface area contributed by atoms with E-state index in [9.17, 15) is 26.3 Å². The van der Waals surface area contributed by atoms with Crippen LogP contribution in [0.5, 0.6) is 0 Å². The van der Waals surface area contributed by atoms with Gasteiger partial charge in [0.2, 0.25) is 0 Å². The minimum atomic E-state index is -5.08. The Morgan fingerprint density at radius 3 is 2.20 bits per heavy atom. The number of carboxylic acids is 2. The summed E-state index contributed by atoms with van der Waals surface area (Å²) >= 11 is 0. The molecule has 0 saturated carbocycles. The second kappa shape index (κ2) is 12.7. The van der Waals surface area contributed by atoms with Gasteiger partial charge in [0.1, 0.15) is 18.0 Å². The Morgan fingerprint density at radius 1 is 0.976 bits per heavy atom. The highest BCUT2D eigenvalue weighted by atomic mass is 19.4. The topological polar surface area (TPSA) is 118 Å². The normalized spacial score (nSPS) is 18.5. The maximum Gasteiger partial charge on any atom is 0.490 e. The lowest BCUT2D eigenvalue weighted by atomic mass is 10.0. The van der Waals surface area contributed by atoms with E-state index in [4.69, 9.17) is 24.5 Å². The van der Waals surface area contributed by atoms with Crippen LogP contribution in [0.3, 0.4) is 0 Å². The molecule has 0 amide bonds. The first-order valence-electron chi connectivity index (χ1n) is 12.1. The highest BCUT2D eigenvalue weighted by Crippen LogP contribution is 2.35. The molecule has 2 N–H and O–H groups in total. The van der Waals surface area contributed by atoms with Crippen molar-refractivity contribution in [2.24, 2.45) is 0 Å². The van der Waals surface area contributed by atoms with E-state index in [1.165, 1.54) is 16.8 Å². The van der Waals surface area contributed by atoms with E-state index in [1.54, 1.807) is 0 Å². The zero-order chi connectivity index (χ0) is 30.4. The number of aryl methyl sites for hydroxylation is 1. The van der Waals surface area contributed by atoms with Crippen LogP contribution in [0, 0.1) is 6.92 Å². The van der Waals surface area contributed by atoms with Crippen molar-refractivity contribution in [3.8, 4) is 11.3 Å².